The predicted molar refractivity (Wildman–Crippen MR) is 122 cm³/mol. The first kappa shape index (κ1) is 22.7. The zero-order chi connectivity index (χ0) is 22.2. The molecule has 3 rings (SSSR count). The lowest BCUT2D eigenvalue weighted by Crippen LogP contribution is -2.20. The van der Waals surface area contributed by atoms with Crippen LogP contribution in [0.4, 0.5) is 15.8 Å². The Balaban J connectivity index is 1.60. The van der Waals surface area contributed by atoms with Crippen LogP contribution >= 0.6 is 23.2 Å². The topological polar surface area (TPSA) is 59.6 Å². The molecule has 1 amide bonds. The summed E-state index contributed by atoms with van der Waals surface area (Å²) < 4.78 is 24.3. The summed E-state index contributed by atoms with van der Waals surface area (Å²) in [5.41, 5.74) is 2.27. The van der Waals surface area contributed by atoms with Crippen molar-refractivity contribution in [2.45, 2.75) is 13.5 Å². The summed E-state index contributed by atoms with van der Waals surface area (Å²) in [5.74, 6) is 0.358. The predicted octanol–water partition coefficient (Wildman–Crippen LogP) is 6.16. The molecule has 2 N–H and O–H groups in total. The Kier molecular flexibility index (Phi) is 7.98. The lowest BCUT2D eigenvalue weighted by atomic mass is 10.2. The van der Waals surface area contributed by atoms with Crippen LogP contribution in [0.25, 0.3) is 0 Å². The van der Waals surface area contributed by atoms with E-state index < -0.39 is 0 Å². The van der Waals surface area contributed by atoms with Gasteiger partial charge in [0.1, 0.15) is 5.82 Å². The van der Waals surface area contributed by atoms with E-state index in [9.17, 15) is 9.18 Å². The quantitative estimate of drug-likeness (QED) is 0.399. The molecule has 3 aromatic carbocycles. The van der Waals surface area contributed by atoms with Crippen molar-refractivity contribution in [3.8, 4) is 11.5 Å². The number of hydrogen-bond donors (Lipinski definition) is 2. The first-order chi connectivity index (χ1) is 14.9. The number of carbonyl (C=O) groups excluding carboxylic acids is 1. The van der Waals surface area contributed by atoms with E-state index in [2.05, 4.69) is 10.6 Å². The molecule has 0 heterocycles. The Morgan fingerprint density at radius 1 is 0.903 bits per heavy atom. The van der Waals surface area contributed by atoms with Gasteiger partial charge in [0.2, 0.25) is 0 Å². The molecular formula is C23H21Cl2FN2O3. The number of hydrogen-bond acceptors (Lipinski definition) is 4. The largest absolute Gasteiger partial charge is 0.490 e. The minimum Gasteiger partial charge on any atom is -0.490 e. The van der Waals surface area contributed by atoms with Gasteiger partial charge in [0.15, 0.2) is 18.1 Å². The molecule has 5 nitrogen and oxygen atoms in total. The second kappa shape index (κ2) is 10.9. The maximum atomic E-state index is 13.0. The van der Waals surface area contributed by atoms with E-state index in [0.29, 0.717) is 40.4 Å². The van der Waals surface area contributed by atoms with E-state index in [1.807, 2.05) is 19.1 Å². The van der Waals surface area contributed by atoms with Gasteiger partial charge < -0.3 is 20.1 Å². The van der Waals surface area contributed by atoms with Crippen LogP contribution in [-0.4, -0.2) is 19.1 Å². The third kappa shape index (κ3) is 6.77. The van der Waals surface area contributed by atoms with Gasteiger partial charge in [-0.3, -0.25) is 4.79 Å². The van der Waals surface area contributed by atoms with E-state index in [-0.39, 0.29) is 18.3 Å². The van der Waals surface area contributed by atoms with E-state index >= 15 is 0 Å². The van der Waals surface area contributed by atoms with Crippen molar-refractivity contribution in [1.29, 1.82) is 0 Å². The molecule has 0 aliphatic heterocycles. The summed E-state index contributed by atoms with van der Waals surface area (Å²) in [6.45, 7) is 2.63. The van der Waals surface area contributed by atoms with E-state index in [1.54, 1.807) is 36.4 Å². The van der Waals surface area contributed by atoms with Crippen LogP contribution < -0.4 is 20.1 Å². The highest BCUT2D eigenvalue weighted by molar-refractivity contribution is 6.42. The van der Waals surface area contributed by atoms with Gasteiger partial charge in [-0.2, -0.15) is 0 Å². The Labute approximate surface area is 190 Å². The fourth-order valence-electron chi connectivity index (χ4n) is 2.74. The van der Waals surface area contributed by atoms with Gasteiger partial charge in [-0.05, 0) is 67.1 Å². The second-order valence-corrected chi connectivity index (χ2v) is 7.35. The zero-order valence-electron chi connectivity index (χ0n) is 16.8. The van der Waals surface area contributed by atoms with Crippen molar-refractivity contribution >= 4 is 40.5 Å². The SMILES string of the molecule is CCOc1cc(CNc2ccc(F)cc2)ccc1OCC(=O)Nc1ccc(Cl)c(Cl)c1. The average molecular weight is 463 g/mol. The molecule has 0 aliphatic rings. The molecule has 0 radical (unpaired) electrons. The molecule has 0 fully saturated rings. The summed E-state index contributed by atoms with van der Waals surface area (Å²) in [7, 11) is 0. The summed E-state index contributed by atoms with van der Waals surface area (Å²) in [4.78, 5) is 12.2. The van der Waals surface area contributed by atoms with Crippen LogP contribution in [0.3, 0.4) is 0 Å². The minimum absolute atomic E-state index is 0.201. The molecule has 3 aromatic rings. The molecule has 0 unspecified atom stereocenters. The number of rotatable bonds is 9. The standard InChI is InChI=1S/C23H21Cl2FN2O3/c1-2-30-22-11-15(13-27-17-6-4-16(26)5-7-17)3-10-21(22)31-14-23(29)28-18-8-9-19(24)20(25)12-18/h3-12,27H,2,13-14H2,1H3,(H,28,29). The Bertz CT molecular complexity index is 1050. The number of nitrogens with one attached hydrogen (secondary N) is 2. The summed E-state index contributed by atoms with van der Waals surface area (Å²) in [6, 6.07) is 16.4. The van der Waals surface area contributed by atoms with Gasteiger partial charge in [0.25, 0.3) is 5.91 Å². The van der Waals surface area contributed by atoms with Gasteiger partial charge in [-0.1, -0.05) is 29.3 Å². The van der Waals surface area contributed by atoms with E-state index in [4.69, 9.17) is 32.7 Å². The monoisotopic (exact) mass is 462 g/mol. The molecule has 8 heteroatoms. The van der Waals surface area contributed by atoms with Crippen molar-refractivity contribution in [2.24, 2.45) is 0 Å². The van der Waals surface area contributed by atoms with Crippen molar-refractivity contribution in [1.82, 2.24) is 0 Å². The Morgan fingerprint density at radius 2 is 1.65 bits per heavy atom. The number of ether oxygens (including phenoxy) is 2. The lowest BCUT2D eigenvalue weighted by molar-refractivity contribution is -0.118. The Morgan fingerprint density at radius 3 is 2.35 bits per heavy atom. The van der Waals surface area contributed by atoms with Gasteiger partial charge in [0.05, 0.1) is 16.7 Å². The van der Waals surface area contributed by atoms with Crippen LogP contribution in [0.15, 0.2) is 60.7 Å². The number of anilines is 2. The molecule has 0 saturated heterocycles. The van der Waals surface area contributed by atoms with E-state index in [0.717, 1.165) is 11.3 Å². The zero-order valence-corrected chi connectivity index (χ0v) is 18.3. The van der Waals surface area contributed by atoms with Crippen LogP contribution in [0.1, 0.15) is 12.5 Å². The molecule has 0 saturated carbocycles. The van der Waals surface area contributed by atoms with Crippen LogP contribution in [-0.2, 0) is 11.3 Å². The Hall–Kier alpha value is -2.96. The smallest absolute Gasteiger partial charge is 0.262 e. The van der Waals surface area contributed by atoms with Crippen molar-refractivity contribution < 1.29 is 18.7 Å². The number of carbonyl (C=O) groups is 1. The number of benzene rings is 3. The number of halogens is 3. The summed E-state index contributed by atoms with van der Waals surface area (Å²) in [5, 5.41) is 6.68. The van der Waals surface area contributed by atoms with E-state index in [1.165, 1.54) is 12.1 Å². The maximum Gasteiger partial charge on any atom is 0.262 e. The van der Waals surface area contributed by atoms with Crippen molar-refractivity contribution in [2.75, 3.05) is 23.8 Å². The molecule has 0 atom stereocenters. The van der Waals surface area contributed by atoms with Gasteiger partial charge >= 0.3 is 0 Å². The van der Waals surface area contributed by atoms with Gasteiger partial charge in [-0.15, -0.1) is 0 Å². The molecule has 162 valence electrons. The fraction of sp³-hybridized carbons (Fsp3) is 0.174. The second-order valence-electron chi connectivity index (χ2n) is 6.54. The fourth-order valence-corrected chi connectivity index (χ4v) is 3.03. The highest BCUT2D eigenvalue weighted by atomic mass is 35.5. The van der Waals surface area contributed by atoms with Crippen molar-refractivity contribution in [3.63, 3.8) is 0 Å². The third-order valence-corrected chi connectivity index (χ3v) is 4.95. The molecular weight excluding hydrogens is 442 g/mol. The lowest BCUT2D eigenvalue weighted by Gasteiger charge is -2.14. The molecule has 0 aliphatic carbocycles. The van der Waals surface area contributed by atoms with Gasteiger partial charge in [0, 0.05) is 17.9 Å². The average Bonchev–Trinajstić information content (AvgIpc) is 2.75. The highest BCUT2D eigenvalue weighted by Gasteiger charge is 2.10. The first-order valence-electron chi connectivity index (χ1n) is 9.57. The maximum absolute atomic E-state index is 13.0. The first-order valence-corrected chi connectivity index (χ1v) is 10.3. The molecule has 0 spiro atoms. The van der Waals surface area contributed by atoms with Gasteiger partial charge in [-0.25, -0.2) is 4.39 Å². The normalized spacial score (nSPS) is 10.5. The third-order valence-electron chi connectivity index (χ3n) is 4.21. The molecule has 0 aromatic heterocycles. The van der Waals surface area contributed by atoms with Crippen molar-refractivity contribution in [3.05, 3.63) is 82.1 Å². The van der Waals surface area contributed by atoms with Crippen LogP contribution in [0, 0.1) is 5.82 Å². The molecule has 0 bridgehead atoms. The highest BCUT2D eigenvalue weighted by Crippen LogP contribution is 2.29. The minimum atomic E-state index is -0.345. The summed E-state index contributed by atoms with van der Waals surface area (Å²) >= 11 is 11.8. The number of amides is 1. The summed E-state index contributed by atoms with van der Waals surface area (Å²) in [6.07, 6.45) is 0. The molecule has 31 heavy (non-hydrogen) atoms. The van der Waals surface area contributed by atoms with Crippen LogP contribution in [0.2, 0.25) is 10.0 Å². The van der Waals surface area contributed by atoms with Crippen LogP contribution in [0.5, 0.6) is 11.5 Å².